The molecule has 1 heterocycles. The molecule has 3 aromatic rings. The van der Waals surface area contributed by atoms with Crippen LogP contribution in [-0.2, 0) is 11.2 Å². The number of carbonyl (C=O) groups excluding carboxylic acids is 1. The van der Waals surface area contributed by atoms with Crippen LogP contribution in [0.25, 0.3) is 11.0 Å². The molecule has 0 aliphatic rings. The standard InChI is InChI=1S/C20H21F2N3O2/c1-12(2)18(19-23-15-5-3-4-6-16(15)24-19)25-17(26)11-13-7-9-14(10-8-13)27-20(21)22/h3-10,12,18,20H,11H2,1-2H3,(H,23,24)(H,25,26). The highest BCUT2D eigenvalue weighted by Gasteiger charge is 2.22. The van der Waals surface area contributed by atoms with E-state index in [0.29, 0.717) is 11.4 Å². The van der Waals surface area contributed by atoms with Crippen LogP contribution in [0.15, 0.2) is 48.5 Å². The van der Waals surface area contributed by atoms with Crippen LogP contribution in [0.3, 0.4) is 0 Å². The summed E-state index contributed by atoms with van der Waals surface area (Å²) in [7, 11) is 0. The molecule has 1 atom stereocenters. The lowest BCUT2D eigenvalue weighted by Crippen LogP contribution is -2.33. The Kier molecular flexibility index (Phi) is 5.69. The van der Waals surface area contributed by atoms with Crippen molar-refractivity contribution in [1.82, 2.24) is 15.3 Å². The molecule has 0 spiro atoms. The van der Waals surface area contributed by atoms with Gasteiger partial charge in [0.1, 0.15) is 11.6 Å². The Morgan fingerprint density at radius 2 is 1.85 bits per heavy atom. The van der Waals surface area contributed by atoms with Crippen molar-refractivity contribution in [1.29, 1.82) is 0 Å². The molecular weight excluding hydrogens is 352 g/mol. The van der Waals surface area contributed by atoms with Gasteiger partial charge in [0, 0.05) is 0 Å². The molecule has 0 fully saturated rings. The molecule has 5 nitrogen and oxygen atoms in total. The SMILES string of the molecule is CC(C)C(NC(=O)Cc1ccc(OC(F)F)cc1)c1nc2ccccc2[nH]1. The van der Waals surface area contributed by atoms with Gasteiger partial charge in [-0.2, -0.15) is 8.78 Å². The molecule has 1 aromatic heterocycles. The van der Waals surface area contributed by atoms with Gasteiger partial charge in [0.15, 0.2) is 0 Å². The predicted molar refractivity (Wildman–Crippen MR) is 98.6 cm³/mol. The molecule has 0 saturated carbocycles. The lowest BCUT2D eigenvalue weighted by atomic mass is 10.0. The monoisotopic (exact) mass is 373 g/mol. The van der Waals surface area contributed by atoms with Gasteiger partial charge in [0.05, 0.1) is 23.5 Å². The Balaban J connectivity index is 1.68. The molecular formula is C20H21F2N3O2. The number of ether oxygens (including phenoxy) is 1. The van der Waals surface area contributed by atoms with Crippen molar-refractivity contribution in [2.45, 2.75) is 32.9 Å². The van der Waals surface area contributed by atoms with Crippen molar-refractivity contribution in [2.75, 3.05) is 0 Å². The van der Waals surface area contributed by atoms with E-state index in [1.807, 2.05) is 38.1 Å². The Hall–Kier alpha value is -2.96. The molecule has 1 amide bonds. The van der Waals surface area contributed by atoms with E-state index in [2.05, 4.69) is 20.0 Å². The summed E-state index contributed by atoms with van der Waals surface area (Å²) in [4.78, 5) is 20.3. The number of benzene rings is 2. The average Bonchev–Trinajstić information content (AvgIpc) is 3.04. The quantitative estimate of drug-likeness (QED) is 0.652. The highest BCUT2D eigenvalue weighted by molar-refractivity contribution is 5.79. The number of halogens is 2. The number of amides is 1. The molecule has 0 aliphatic heterocycles. The molecule has 2 aromatic carbocycles. The van der Waals surface area contributed by atoms with Crippen LogP contribution in [0.2, 0.25) is 0 Å². The number of aromatic nitrogens is 2. The first kappa shape index (κ1) is 18.8. The summed E-state index contributed by atoms with van der Waals surface area (Å²) in [5, 5.41) is 3.01. The number of alkyl halides is 2. The third-order valence-electron chi connectivity index (χ3n) is 4.20. The summed E-state index contributed by atoms with van der Waals surface area (Å²) in [6.45, 7) is 1.15. The zero-order valence-electron chi connectivity index (χ0n) is 15.1. The van der Waals surface area contributed by atoms with Crippen molar-refractivity contribution < 1.29 is 18.3 Å². The van der Waals surface area contributed by atoms with Gasteiger partial charge in [-0.1, -0.05) is 38.1 Å². The van der Waals surface area contributed by atoms with E-state index in [4.69, 9.17) is 0 Å². The van der Waals surface area contributed by atoms with Gasteiger partial charge >= 0.3 is 6.61 Å². The Morgan fingerprint density at radius 3 is 2.48 bits per heavy atom. The number of imidazole rings is 1. The van der Waals surface area contributed by atoms with Crippen LogP contribution in [0.1, 0.15) is 31.3 Å². The van der Waals surface area contributed by atoms with Crippen molar-refractivity contribution >= 4 is 16.9 Å². The maximum atomic E-state index is 12.5. The summed E-state index contributed by atoms with van der Waals surface area (Å²) in [5.41, 5.74) is 2.48. The smallest absolute Gasteiger partial charge is 0.387 e. The van der Waals surface area contributed by atoms with E-state index in [-0.39, 0.29) is 30.0 Å². The topological polar surface area (TPSA) is 67.0 Å². The normalized spacial score (nSPS) is 12.5. The van der Waals surface area contributed by atoms with E-state index < -0.39 is 6.61 Å². The number of carbonyl (C=O) groups is 1. The van der Waals surface area contributed by atoms with Crippen LogP contribution >= 0.6 is 0 Å². The van der Waals surface area contributed by atoms with Crippen molar-refractivity contribution in [3.63, 3.8) is 0 Å². The van der Waals surface area contributed by atoms with Gasteiger partial charge in [0.2, 0.25) is 5.91 Å². The second-order valence-corrected chi connectivity index (χ2v) is 6.63. The lowest BCUT2D eigenvalue weighted by molar-refractivity contribution is -0.121. The van der Waals surface area contributed by atoms with Crippen LogP contribution in [0.4, 0.5) is 8.78 Å². The highest BCUT2D eigenvalue weighted by Crippen LogP contribution is 2.22. The Bertz CT molecular complexity index is 874. The van der Waals surface area contributed by atoms with E-state index in [1.165, 1.54) is 12.1 Å². The zero-order chi connectivity index (χ0) is 19.4. The van der Waals surface area contributed by atoms with E-state index in [9.17, 15) is 13.6 Å². The second-order valence-electron chi connectivity index (χ2n) is 6.63. The zero-order valence-corrected chi connectivity index (χ0v) is 15.1. The van der Waals surface area contributed by atoms with Crippen LogP contribution in [0.5, 0.6) is 5.75 Å². The summed E-state index contributed by atoms with van der Waals surface area (Å²) >= 11 is 0. The fourth-order valence-electron chi connectivity index (χ4n) is 2.87. The van der Waals surface area contributed by atoms with Gasteiger partial charge in [-0.15, -0.1) is 0 Å². The van der Waals surface area contributed by atoms with Crippen LogP contribution in [-0.4, -0.2) is 22.5 Å². The summed E-state index contributed by atoms with van der Waals surface area (Å²) in [6.07, 6.45) is 0.137. The maximum absolute atomic E-state index is 12.5. The van der Waals surface area contributed by atoms with Crippen LogP contribution < -0.4 is 10.1 Å². The number of H-pyrrole nitrogens is 1. The van der Waals surface area contributed by atoms with Gasteiger partial charge in [-0.25, -0.2) is 4.98 Å². The molecule has 2 N–H and O–H groups in total. The molecule has 3 rings (SSSR count). The number of para-hydroxylation sites is 2. The number of rotatable bonds is 7. The van der Waals surface area contributed by atoms with Gasteiger partial charge in [0.25, 0.3) is 0 Å². The number of fused-ring (bicyclic) bond motifs is 1. The minimum atomic E-state index is -2.87. The summed E-state index contributed by atoms with van der Waals surface area (Å²) in [6, 6.07) is 13.5. The number of nitrogens with zero attached hydrogens (tertiary/aromatic N) is 1. The third kappa shape index (κ3) is 4.81. The third-order valence-corrected chi connectivity index (χ3v) is 4.20. The Morgan fingerprint density at radius 1 is 1.15 bits per heavy atom. The van der Waals surface area contributed by atoms with Crippen molar-refractivity contribution in [2.24, 2.45) is 5.92 Å². The summed E-state index contributed by atoms with van der Waals surface area (Å²) < 4.78 is 28.7. The van der Waals surface area contributed by atoms with E-state index in [0.717, 1.165) is 11.0 Å². The molecule has 1 unspecified atom stereocenters. The number of aromatic amines is 1. The fourth-order valence-corrected chi connectivity index (χ4v) is 2.87. The molecule has 7 heteroatoms. The van der Waals surface area contributed by atoms with Crippen molar-refractivity contribution in [3.05, 3.63) is 59.9 Å². The van der Waals surface area contributed by atoms with Gasteiger partial charge < -0.3 is 15.0 Å². The lowest BCUT2D eigenvalue weighted by Gasteiger charge is -2.20. The average molecular weight is 373 g/mol. The molecule has 0 saturated heterocycles. The molecule has 0 bridgehead atoms. The minimum Gasteiger partial charge on any atom is -0.435 e. The van der Waals surface area contributed by atoms with Gasteiger partial charge in [-0.3, -0.25) is 4.79 Å². The molecule has 0 radical (unpaired) electrons. The molecule has 27 heavy (non-hydrogen) atoms. The van der Waals surface area contributed by atoms with Crippen LogP contribution in [0, 0.1) is 5.92 Å². The fraction of sp³-hybridized carbons (Fsp3) is 0.300. The number of hydrogen-bond acceptors (Lipinski definition) is 3. The molecule has 142 valence electrons. The highest BCUT2D eigenvalue weighted by atomic mass is 19.3. The molecule has 0 aliphatic carbocycles. The number of nitrogens with one attached hydrogen (secondary N) is 2. The first-order chi connectivity index (χ1) is 12.9. The van der Waals surface area contributed by atoms with Gasteiger partial charge in [-0.05, 0) is 35.7 Å². The minimum absolute atomic E-state index is 0.0662. The van der Waals surface area contributed by atoms with Crippen molar-refractivity contribution in [3.8, 4) is 5.75 Å². The summed E-state index contributed by atoms with van der Waals surface area (Å²) in [5.74, 6) is 0.740. The first-order valence-corrected chi connectivity index (χ1v) is 8.70. The second kappa shape index (κ2) is 8.16. The number of hydrogen-bond donors (Lipinski definition) is 2. The Labute approximate surface area is 155 Å². The largest absolute Gasteiger partial charge is 0.435 e. The van der Waals surface area contributed by atoms with E-state index in [1.54, 1.807) is 12.1 Å². The first-order valence-electron chi connectivity index (χ1n) is 8.70. The maximum Gasteiger partial charge on any atom is 0.387 e. The van der Waals surface area contributed by atoms with E-state index >= 15 is 0 Å². The predicted octanol–water partition coefficient (Wildman–Crippen LogP) is 4.22.